The molecule has 3 aromatic carbocycles. The van der Waals surface area contributed by atoms with Crippen LogP contribution in [0.25, 0.3) is 5.76 Å². The second kappa shape index (κ2) is 11.3. The van der Waals surface area contributed by atoms with Crippen molar-refractivity contribution in [1.29, 1.82) is 5.26 Å². The number of ether oxygens (including phenoxy) is 3. The molecule has 9 heteroatoms. The Morgan fingerprint density at radius 2 is 1.68 bits per heavy atom. The third-order valence-corrected chi connectivity index (χ3v) is 6.41. The van der Waals surface area contributed by atoms with Gasteiger partial charge in [-0.25, -0.2) is 0 Å². The molecule has 0 spiro atoms. The Kier molecular flexibility index (Phi) is 7.89. The first-order valence-corrected chi connectivity index (χ1v) is 12.2. The van der Waals surface area contributed by atoms with Crippen LogP contribution in [-0.4, -0.2) is 37.6 Å². The van der Waals surface area contributed by atoms with Gasteiger partial charge in [-0.1, -0.05) is 30.7 Å². The van der Waals surface area contributed by atoms with Crippen LogP contribution < -0.4 is 19.1 Å². The van der Waals surface area contributed by atoms with E-state index in [1.165, 1.54) is 31.3 Å². The molecular formula is C29H25ClN2O6. The van der Waals surface area contributed by atoms with Gasteiger partial charge in [0.2, 0.25) is 0 Å². The smallest absolute Gasteiger partial charge is 0.300 e. The summed E-state index contributed by atoms with van der Waals surface area (Å²) in [6.45, 7) is 2.54. The number of hydrogen-bond acceptors (Lipinski definition) is 7. The second-order valence-electron chi connectivity index (χ2n) is 8.43. The molecule has 1 aliphatic rings. The van der Waals surface area contributed by atoms with Crippen molar-refractivity contribution in [3.05, 3.63) is 87.9 Å². The highest BCUT2D eigenvalue weighted by Gasteiger charge is 2.47. The molecule has 38 heavy (non-hydrogen) atoms. The molecule has 1 aliphatic heterocycles. The number of Topliss-reactive ketones (excluding diaryl/α,β-unsaturated/α-hetero) is 1. The highest BCUT2D eigenvalue weighted by molar-refractivity contribution is 6.51. The van der Waals surface area contributed by atoms with Crippen molar-refractivity contribution >= 4 is 34.7 Å². The minimum atomic E-state index is -0.978. The van der Waals surface area contributed by atoms with Gasteiger partial charge in [-0.2, -0.15) is 5.26 Å². The van der Waals surface area contributed by atoms with E-state index in [-0.39, 0.29) is 21.9 Å². The number of carbonyl (C=O) groups is 2. The first kappa shape index (κ1) is 26.6. The molecule has 0 saturated carbocycles. The van der Waals surface area contributed by atoms with Crippen LogP contribution in [-0.2, 0) is 9.59 Å². The van der Waals surface area contributed by atoms with Crippen molar-refractivity contribution in [2.75, 3.05) is 25.7 Å². The first-order chi connectivity index (χ1) is 18.3. The number of ketones is 1. The maximum Gasteiger partial charge on any atom is 0.300 e. The number of hydrogen-bond donors (Lipinski definition) is 1. The van der Waals surface area contributed by atoms with Crippen molar-refractivity contribution in [3.8, 4) is 23.3 Å². The lowest BCUT2D eigenvalue weighted by Gasteiger charge is -2.26. The van der Waals surface area contributed by atoms with E-state index >= 15 is 0 Å². The van der Waals surface area contributed by atoms with Gasteiger partial charge in [0.25, 0.3) is 11.7 Å². The SMILES string of the molecule is CCCOc1ccc(C2/C(=C(\O)c3cc(Cl)c(OC)cc3OC)C(=O)C(=O)N2c2ccc(C#N)cc2)cc1. The van der Waals surface area contributed by atoms with Crippen molar-refractivity contribution in [2.45, 2.75) is 19.4 Å². The maximum absolute atomic E-state index is 13.4. The van der Waals surface area contributed by atoms with Gasteiger partial charge in [-0.15, -0.1) is 0 Å². The fraction of sp³-hybridized carbons (Fsp3) is 0.207. The summed E-state index contributed by atoms with van der Waals surface area (Å²) in [7, 11) is 2.85. The number of amides is 1. The molecule has 1 heterocycles. The van der Waals surface area contributed by atoms with E-state index in [0.29, 0.717) is 34.9 Å². The molecule has 8 nitrogen and oxygen atoms in total. The molecule has 1 atom stereocenters. The topological polar surface area (TPSA) is 109 Å². The number of methoxy groups -OCH3 is 2. The highest BCUT2D eigenvalue weighted by atomic mass is 35.5. The summed E-state index contributed by atoms with van der Waals surface area (Å²) >= 11 is 6.32. The quantitative estimate of drug-likeness (QED) is 0.227. The molecule has 194 valence electrons. The van der Waals surface area contributed by atoms with E-state index in [0.717, 1.165) is 6.42 Å². The Morgan fingerprint density at radius 3 is 2.26 bits per heavy atom. The lowest BCUT2D eigenvalue weighted by atomic mass is 9.94. The summed E-state index contributed by atoms with van der Waals surface area (Å²) in [5.41, 5.74) is 1.35. The standard InChI is InChI=1S/C29H25ClN2O6/c1-4-13-38-20-11-7-18(8-12-20)26-25(27(33)21-14-22(30)24(37-3)15-23(21)36-2)28(34)29(35)32(26)19-9-5-17(16-31)6-10-19/h5-12,14-15,26,33H,4,13H2,1-3H3/b27-25+. The van der Waals surface area contributed by atoms with Gasteiger partial charge in [0.05, 0.1) is 54.7 Å². The third-order valence-electron chi connectivity index (χ3n) is 6.12. The average molecular weight is 533 g/mol. The number of nitriles is 1. The molecule has 1 unspecified atom stereocenters. The lowest BCUT2D eigenvalue weighted by molar-refractivity contribution is -0.132. The monoisotopic (exact) mass is 532 g/mol. The highest BCUT2D eigenvalue weighted by Crippen LogP contribution is 2.45. The van der Waals surface area contributed by atoms with Gasteiger partial charge in [0.1, 0.15) is 23.0 Å². The van der Waals surface area contributed by atoms with Crippen LogP contribution in [0.3, 0.4) is 0 Å². The van der Waals surface area contributed by atoms with Crippen molar-refractivity contribution in [2.24, 2.45) is 0 Å². The maximum atomic E-state index is 13.4. The number of carbonyl (C=O) groups excluding carboxylic acids is 2. The number of aliphatic hydroxyl groups is 1. The number of anilines is 1. The Labute approximate surface area is 225 Å². The van der Waals surface area contributed by atoms with Crippen LogP contribution in [0.15, 0.2) is 66.2 Å². The zero-order chi connectivity index (χ0) is 27.4. The number of aliphatic hydroxyl groups excluding tert-OH is 1. The molecule has 0 aliphatic carbocycles. The Balaban J connectivity index is 1.92. The third kappa shape index (κ3) is 4.89. The summed E-state index contributed by atoms with van der Waals surface area (Å²) < 4.78 is 16.3. The van der Waals surface area contributed by atoms with E-state index in [2.05, 4.69) is 0 Å². The van der Waals surface area contributed by atoms with E-state index in [1.807, 2.05) is 13.0 Å². The predicted molar refractivity (Wildman–Crippen MR) is 143 cm³/mol. The van der Waals surface area contributed by atoms with E-state index in [1.54, 1.807) is 48.5 Å². The molecular weight excluding hydrogens is 508 g/mol. The molecule has 1 saturated heterocycles. The molecule has 1 fully saturated rings. The van der Waals surface area contributed by atoms with Crippen LogP contribution in [0, 0.1) is 11.3 Å². The van der Waals surface area contributed by atoms with Gasteiger partial charge < -0.3 is 19.3 Å². The summed E-state index contributed by atoms with van der Waals surface area (Å²) in [5.74, 6) is -0.997. The fourth-order valence-corrected chi connectivity index (χ4v) is 4.51. The minimum absolute atomic E-state index is 0.129. The van der Waals surface area contributed by atoms with Gasteiger partial charge in [-0.05, 0) is 54.4 Å². The Bertz CT molecular complexity index is 1440. The average Bonchev–Trinajstić information content (AvgIpc) is 3.21. The van der Waals surface area contributed by atoms with E-state index in [4.69, 9.17) is 25.8 Å². The summed E-state index contributed by atoms with van der Waals surface area (Å²) in [5, 5.41) is 20.9. The molecule has 0 radical (unpaired) electrons. The largest absolute Gasteiger partial charge is 0.507 e. The molecule has 4 rings (SSSR count). The summed E-state index contributed by atoms with van der Waals surface area (Å²) in [6, 6.07) is 17.2. The van der Waals surface area contributed by atoms with Crippen LogP contribution >= 0.6 is 11.6 Å². The molecule has 1 amide bonds. The summed E-state index contributed by atoms with van der Waals surface area (Å²) in [6.07, 6.45) is 0.840. The predicted octanol–water partition coefficient (Wildman–Crippen LogP) is 5.64. The molecule has 0 aromatic heterocycles. The van der Waals surface area contributed by atoms with Crippen molar-refractivity contribution in [3.63, 3.8) is 0 Å². The number of benzene rings is 3. The molecule has 0 bridgehead atoms. The van der Waals surface area contributed by atoms with Crippen molar-refractivity contribution in [1.82, 2.24) is 0 Å². The Morgan fingerprint density at radius 1 is 1.03 bits per heavy atom. The second-order valence-corrected chi connectivity index (χ2v) is 8.84. The van der Waals surface area contributed by atoms with Gasteiger partial charge in [0, 0.05) is 11.8 Å². The molecule has 1 N–H and O–H groups in total. The van der Waals surface area contributed by atoms with Crippen LogP contribution in [0.2, 0.25) is 5.02 Å². The van der Waals surface area contributed by atoms with E-state index < -0.39 is 23.5 Å². The number of rotatable bonds is 8. The number of halogens is 1. The Hall–Kier alpha value is -4.48. The minimum Gasteiger partial charge on any atom is -0.507 e. The summed E-state index contributed by atoms with van der Waals surface area (Å²) in [4.78, 5) is 28.1. The van der Waals surface area contributed by atoms with Crippen molar-refractivity contribution < 1.29 is 28.9 Å². The van der Waals surface area contributed by atoms with E-state index in [9.17, 15) is 20.0 Å². The van der Waals surface area contributed by atoms with Gasteiger partial charge in [-0.3, -0.25) is 14.5 Å². The van der Waals surface area contributed by atoms with Crippen LogP contribution in [0.5, 0.6) is 17.2 Å². The zero-order valence-electron chi connectivity index (χ0n) is 21.0. The lowest BCUT2D eigenvalue weighted by Crippen LogP contribution is -2.29. The normalized spacial score (nSPS) is 16.3. The van der Waals surface area contributed by atoms with Gasteiger partial charge >= 0.3 is 0 Å². The van der Waals surface area contributed by atoms with Crippen LogP contribution in [0.1, 0.15) is 36.1 Å². The first-order valence-electron chi connectivity index (χ1n) is 11.8. The van der Waals surface area contributed by atoms with Crippen LogP contribution in [0.4, 0.5) is 5.69 Å². The molecule has 3 aromatic rings. The van der Waals surface area contributed by atoms with Gasteiger partial charge in [0.15, 0.2) is 0 Å². The number of nitrogens with zero attached hydrogens (tertiary/aromatic N) is 2. The fourth-order valence-electron chi connectivity index (χ4n) is 4.27. The zero-order valence-corrected chi connectivity index (χ0v) is 21.8.